The van der Waals surface area contributed by atoms with Gasteiger partial charge in [-0.15, -0.1) is 5.10 Å². The van der Waals surface area contributed by atoms with Gasteiger partial charge in [0.1, 0.15) is 12.1 Å². The van der Waals surface area contributed by atoms with Crippen LogP contribution in [-0.2, 0) is 4.79 Å². The highest BCUT2D eigenvalue weighted by atomic mass is 16.5. The maximum absolute atomic E-state index is 11.6. The fraction of sp³-hybridized carbons (Fsp3) is 0.286. The zero-order chi connectivity index (χ0) is 19.5. The summed E-state index contributed by atoms with van der Waals surface area (Å²) < 4.78 is 7.34. The van der Waals surface area contributed by atoms with Crippen LogP contribution in [0.5, 0.6) is 5.75 Å². The molecular formula is C21H23N5O2. The quantitative estimate of drug-likeness (QED) is 0.738. The Morgan fingerprint density at radius 3 is 2.75 bits per heavy atom. The Bertz CT molecular complexity index is 970. The Hall–Kier alpha value is -3.35. The van der Waals surface area contributed by atoms with Crippen LogP contribution in [0.2, 0.25) is 0 Å². The number of hydrogen-bond acceptors (Lipinski definition) is 5. The predicted molar refractivity (Wildman–Crippen MR) is 107 cm³/mol. The van der Waals surface area contributed by atoms with Gasteiger partial charge >= 0.3 is 0 Å². The first kappa shape index (κ1) is 18.0. The molecule has 1 unspecified atom stereocenters. The summed E-state index contributed by atoms with van der Waals surface area (Å²) in [6.45, 7) is 3.15. The molecule has 1 atom stereocenters. The number of hydrogen-bond donors (Lipinski definition) is 1. The SMILES string of the molecule is COc1cc(Nc2ncn(-c3ccccc3)n2)ccc1C1CCN(C(C)=O)C1. The maximum Gasteiger partial charge on any atom is 0.246 e. The van der Waals surface area contributed by atoms with Crippen LogP contribution in [0.4, 0.5) is 11.6 Å². The van der Waals surface area contributed by atoms with Crippen LogP contribution in [0.3, 0.4) is 0 Å². The van der Waals surface area contributed by atoms with Crippen LogP contribution in [0, 0.1) is 0 Å². The number of ether oxygens (including phenoxy) is 1. The minimum absolute atomic E-state index is 0.125. The van der Waals surface area contributed by atoms with E-state index in [0.29, 0.717) is 11.9 Å². The molecule has 1 saturated heterocycles. The van der Waals surface area contributed by atoms with E-state index in [1.807, 2.05) is 47.4 Å². The number of rotatable bonds is 5. The normalized spacial score (nSPS) is 16.2. The van der Waals surface area contributed by atoms with Crippen LogP contribution in [0.15, 0.2) is 54.9 Å². The summed E-state index contributed by atoms with van der Waals surface area (Å²) in [4.78, 5) is 17.8. The number of nitrogens with one attached hydrogen (secondary N) is 1. The lowest BCUT2D eigenvalue weighted by molar-refractivity contribution is -0.127. The monoisotopic (exact) mass is 377 g/mol. The van der Waals surface area contributed by atoms with Gasteiger partial charge in [-0.1, -0.05) is 24.3 Å². The van der Waals surface area contributed by atoms with Crippen molar-refractivity contribution in [2.75, 3.05) is 25.5 Å². The van der Waals surface area contributed by atoms with Crippen molar-refractivity contribution in [2.45, 2.75) is 19.3 Å². The molecule has 7 heteroatoms. The highest BCUT2D eigenvalue weighted by molar-refractivity contribution is 5.73. The number of benzene rings is 2. The second-order valence-electron chi connectivity index (χ2n) is 6.88. The van der Waals surface area contributed by atoms with E-state index in [4.69, 9.17) is 4.74 Å². The Morgan fingerprint density at radius 2 is 2.04 bits per heavy atom. The molecule has 1 amide bonds. The van der Waals surface area contributed by atoms with Gasteiger partial charge in [-0.3, -0.25) is 4.79 Å². The molecule has 0 spiro atoms. The van der Waals surface area contributed by atoms with Gasteiger partial charge in [0.05, 0.1) is 12.8 Å². The molecule has 3 aromatic rings. The molecule has 144 valence electrons. The van der Waals surface area contributed by atoms with Crippen LogP contribution >= 0.6 is 0 Å². The van der Waals surface area contributed by atoms with Crippen molar-refractivity contribution >= 4 is 17.5 Å². The van der Waals surface area contributed by atoms with Crippen LogP contribution in [0.1, 0.15) is 24.8 Å². The molecular weight excluding hydrogens is 354 g/mol. The highest BCUT2D eigenvalue weighted by Crippen LogP contribution is 2.35. The van der Waals surface area contributed by atoms with Crippen molar-refractivity contribution in [1.29, 1.82) is 0 Å². The fourth-order valence-corrected chi connectivity index (χ4v) is 3.58. The molecule has 1 aliphatic heterocycles. The van der Waals surface area contributed by atoms with Gasteiger partial charge in [-0.25, -0.2) is 4.68 Å². The second kappa shape index (κ2) is 7.72. The van der Waals surface area contributed by atoms with E-state index in [-0.39, 0.29) is 5.91 Å². The third-order valence-corrected chi connectivity index (χ3v) is 5.08. The largest absolute Gasteiger partial charge is 0.496 e. The van der Waals surface area contributed by atoms with Crippen molar-refractivity contribution in [1.82, 2.24) is 19.7 Å². The highest BCUT2D eigenvalue weighted by Gasteiger charge is 2.27. The van der Waals surface area contributed by atoms with Crippen LogP contribution in [-0.4, -0.2) is 45.8 Å². The van der Waals surface area contributed by atoms with Gasteiger partial charge in [0.25, 0.3) is 0 Å². The van der Waals surface area contributed by atoms with Gasteiger partial charge in [-0.05, 0) is 30.2 Å². The Labute approximate surface area is 164 Å². The molecule has 0 radical (unpaired) electrons. The molecule has 1 fully saturated rings. The summed E-state index contributed by atoms with van der Waals surface area (Å²) in [5.41, 5.74) is 2.93. The Morgan fingerprint density at radius 1 is 1.21 bits per heavy atom. The smallest absolute Gasteiger partial charge is 0.246 e. The Kier molecular flexibility index (Phi) is 4.97. The molecule has 28 heavy (non-hydrogen) atoms. The number of carbonyl (C=O) groups excluding carboxylic acids is 1. The van der Waals surface area contributed by atoms with E-state index < -0.39 is 0 Å². The molecule has 0 bridgehead atoms. The number of carbonyl (C=O) groups is 1. The number of anilines is 2. The summed E-state index contributed by atoms with van der Waals surface area (Å²) in [5.74, 6) is 1.74. The number of aromatic nitrogens is 3. The van der Waals surface area contributed by atoms with Gasteiger partial charge in [0, 0.05) is 37.7 Å². The van der Waals surface area contributed by atoms with E-state index in [1.165, 1.54) is 0 Å². The van der Waals surface area contributed by atoms with Crippen molar-refractivity contribution in [2.24, 2.45) is 0 Å². The third kappa shape index (κ3) is 3.69. The number of amides is 1. The zero-order valence-electron chi connectivity index (χ0n) is 16.0. The topological polar surface area (TPSA) is 72.3 Å². The van der Waals surface area contributed by atoms with E-state index >= 15 is 0 Å². The Balaban J connectivity index is 1.51. The molecule has 1 aromatic heterocycles. The molecule has 4 rings (SSSR count). The summed E-state index contributed by atoms with van der Waals surface area (Å²) in [6.07, 6.45) is 2.63. The number of para-hydroxylation sites is 1. The summed E-state index contributed by atoms with van der Waals surface area (Å²) in [7, 11) is 1.67. The lowest BCUT2D eigenvalue weighted by Crippen LogP contribution is -2.25. The van der Waals surface area contributed by atoms with Crippen LogP contribution < -0.4 is 10.1 Å². The average Bonchev–Trinajstić information content (AvgIpc) is 3.38. The molecule has 2 heterocycles. The lowest BCUT2D eigenvalue weighted by atomic mass is 9.97. The first-order chi connectivity index (χ1) is 13.6. The predicted octanol–water partition coefficient (Wildman–Crippen LogP) is 3.36. The number of methoxy groups -OCH3 is 1. The van der Waals surface area contributed by atoms with Gasteiger partial charge in [0.2, 0.25) is 11.9 Å². The maximum atomic E-state index is 11.6. The summed E-state index contributed by atoms with van der Waals surface area (Å²) in [6, 6.07) is 15.8. The summed E-state index contributed by atoms with van der Waals surface area (Å²) >= 11 is 0. The average molecular weight is 377 g/mol. The van der Waals surface area contributed by atoms with E-state index in [9.17, 15) is 4.79 Å². The first-order valence-electron chi connectivity index (χ1n) is 9.31. The molecule has 0 aliphatic carbocycles. The molecule has 2 aromatic carbocycles. The van der Waals surface area contributed by atoms with E-state index in [1.54, 1.807) is 25.0 Å². The fourth-order valence-electron chi connectivity index (χ4n) is 3.58. The zero-order valence-corrected chi connectivity index (χ0v) is 16.0. The van der Waals surface area contributed by atoms with Gasteiger partial charge in [0.15, 0.2) is 0 Å². The first-order valence-corrected chi connectivity index (χ1v) is 9.31. The van der Waals surface area contributed by atoms with Crippen molar-refractivity contribution in [3.8, 4) is 11.4 Å². The molecule has 0 saturated carbocycles. The van der Waals surface area contributed by atoms with Gasteiger partial charge in [-0.2, -0.15) is 4.98 Å². The second-order valence-corrected chi connectivity index (χ2v) is 6.88. The number of likely N-dealkylation sites (tertiary alicyclic amines) is 1. The lowest BCUT2D eigenvalue weighted by Gasteiger charge is -2.17. The molecule has 1 aliphatic rings. The van der Waals surface area contributed by atoms with Gasteiger partial charge < -0.3 is 15.0 Å². The van der Waals surface area contributed by atoms with Crippen molar-refractivity contribution < 1.29 is 9.53 Å². The van der Waals surface area contributed by atoms with Crippen LogP contribution in [0.25, 0.3) is 5.69 Å². The summed E-state index contributed by atoms with van der Waals surface area (Å²) in [5, 5.41) is 7.70. The standard InChI is InChI=1S/C21H23N5O2/c1-15(27)25-11-10-16(13-25)19-9-8-17(12-20(19)28-2)23-21-22-14-26(24-21)18-6-4-3-5-7-18/h3-9,12,14,16H,10-11,13H2,1-2H3,(H,23,24). The van der Waals surface area contributed by atoms with Crippen molar-refractivity contribution in [3.05, 3.63) is 60.4 Å². The van der Waals surface area contributed by atoms with E-state index in [0.717, 1.165) is 42.2 Å². The molecule has 7 nitrogen and oxygen atoms in total. The third-order valence-electron chi connectivity index (χ3n) is 5.08. The van der Waals surface area contributed by atoms with E-state index in [2.05, 4.69) is 21.5 Å². The minimum atomic E-state index is 0.125. The van der Waals surface area contributed by atoms with Crippen molar-refractivity contribution in [3.63, 3.8) is 0 Å². The number of nitrogens with zero attached hydrogens (tertiary/aromatic N) is 4. The molecule has 1 N–H and O–H groups in total. The minimum Gasteiger partial charge on any atom is -0.496 e.